The first-order chi connectivity index (χ1) is 4.83. The molecule has 1 saturated carbocycles. The van der Waals surface area contributed by atoms with Crippen LogP contribution in [0.25, 0.3) is 0 Å². The summed E-state index contributed by atoms with van der Waals surface area (Å²) in [6, 6.07) is 0.592. The van der Waals surface area contributed by atoms with E-state index in [-0.39, 0.29) is 0 Å². The SMILES string of the molecule is CC(C=NC1CCC1)=CN. The van der Waals surface area contributed by atoms with Crippen LogP contribution in [0.5, 0.6) is 0 Å². The van der Waals surface area contributed by atoms with Crippen molar-refractivity contribution in [1.29, 1.82) is 0 Å². The first-order valence-electron chi connectivity index (χ1n) is 3.74. The Morgan fingerprint density at radius 1 is 1.60 bits per heavy atom. The molecule has 1 fully saturated rings. The van der Waals surface area contributed by atoms with Gasteiger partial charge in [0.25, 0.3) is 0 Å². The topological polar surface area (TPSA) is 38.4 Å². The highest BCUT2D eigenvalue weighted by molar-refractivity contribution is 5.77. The number of rotatable bonds is 2. The average Bonchev–Trinajstić information content (AvgIpc) is 1.84. The maximum atomic E-state index is 5.26. The molecule has 0 spiro atoms. The van der Waals surface area contributed by atoms with Crippen molar-refractivity contribution >= 4 is 6.21 Å². The molecule has 1 aliphatic carbocycles. The van der Waals surface area contributed by atoms with Crippen molar-refractivity contribution in [3.05, 3.63) is 11.8 Å². The molecule has 0 saturated heterocycles. The van der Waals surface area contributed by atoms with E-state index in [0.29, 0.717) is 6.04 Å². The summed E-state index contributed by atoms with van der Waals surface area (Å²) < 4.78 is 0. The van der Waals surface area contributed by atoms with Crippen LogP contribution < -0.4 is 5.73 Å². The van der Waals surface area contributed by atoms with E-state index in [1.807, 2.05) is 13.1 Å². The fourth-order valence-electron chi connectivity index (χ4n) is 0.802. The molecule has 0 aliphatic heterocycles. The van der Waals surface area contributed by atoms with E-state index < -0.39 is 0 Å². The lowest BCUT2D eigenvalue weighted by atomic mass is 9.94. The summed E-state index contributed by atoms with van der Waals surface area (Å²) in [6.07, 6.45) is 7.31. The summed E-state index contributed by atoms with van der Waals surface area (Å²) in [5.74, 6) is 0. The van der Waals surface area contributed by atoms with Crippen LogP contribution in [0, 0.1) is 0 Å². The molecule has 0 unspecified atom stereocenters. The highest BCUT2D eigenvalue weighted by atomic mass is 14.8. The molecule has 10 heavy (non-hydrogen) atoms. The minimum absolute atomic E-state index is 0.592. The Labute approximate surface area is 61.8 Å². The predicted molar refractivity (Wildman–Crippen MR) is 44.1 cm³/mol. The van der Waals surface area contributed by atoms with Gasteiger partial charge in [0.2, 0.25) is 0 Å². The monoisotopic (exact) mass is 138 g/mol. The Kier molecular flexibility index (Phi) is 2.49. The van der Waals surface area contributed by atoms with Gasteiger partial charge in [0.05, 0.1) is 0 Å². The van der Waals surface area contributed by atoms with E-state index in [1.165, 1.54) is 19.3 Å². The number of allylic oxidation sites excluding steroid dienone is 1. The normalized spacial score (nSPS) is 21.5. The minimum atomic E-state index is 0.592. The van der Waals surface area contributed by atoms with Crippen LogP contribution in [0.4, 0.5) is 0 Å². The van der Waals surface area contributed by atoms with Crippen molar-refractivity contribution in [2.45, 2.75) is 32.2 Å². The molecule has 0 bridgehead atoms. The van der Waals surface area contributed by atoms with E-state index in [4.69, 9.17) is 5.73 Å². The van der Waals surface area contributed by atoms with Crippen LogP contribution in [-0.2, 0) is 0 Å². The Bertz CT molecular complexity index is 155. The maximum absolute atomic E-state index is 5.26. The third kappa shape index (κ3) is 1.87. The van der Waals surface area contributed by atoms with Crippen LogP contribution in [0.3, 0.4) is 0 Å². The van der Waals surface area contributed by atoms with Gasteiger partial charge in [-0.15, -0.1) is 0 Å². The zero-order valence-electron chi connectivity index (χ0n) is 6.38. The molecule has 0 aromatic heterocycles. The fourth-order valence-corrected chi connectivity index (χ4v) is 0.802. The van der Waals surface area contributed by atoms with Gasteiger partial charge in [-0.3, -0.25) is 4.99 Å². The number of aliphatic imine (C=N–C) groups is 1. The van der Waals surface area contributed by atoms with Crippen molar-refractivity contribution in [3.8, 4) is 0 Å². The predicted octanol–water partition coefficient (Wildman–Crippen LogP) is 1.47. The van der Waals surface area contributed by atoms with Gasteiger partial charge in [-0.25, -0.2) is 0 Å². The maximum Gasteiger partial charge on any atom is 0.0499 e. The lowest BCUT2D eigenvalue weighted by Gasteiger charge is -2.20. The molecule has 56 valence electrons. The van der Waals surface area contributed by atoms with Crippen molar-refractivity contribution < 1.29 is 0 Å². The van der Waals surface area contributed by atoms with Gasteiger partial charge >= 0.3 is 0 Å². The van der Waals surface area contributed by atoms with Gasteiger partial charge < -0.3 is 5.73 Å². The summed E-state index contributed by atoms with van der Waals surface area (Å²) in [4.78, 5) is 4.33. The Hall–Kier alpha value is -0.790. The van der Waals surface area contributed by atoms with Crippen LogP contribution in [0.15, 0.2) is 16.8 Å². The molecule has 0 aromatic carbocycles. The van der Waals surface area contributed by atoms with E-state index in [2.05, 4.69) is 4.99 Å². The largest absolute Gasteiger partial charge is 0.404 e. The van der Waals surface area contributed by atoms with Gasteiger partial charge in [-0.05, 0) is 38.0 Å². The Balaban J connectivity index is 2.27. The quantitative estimate of drug-likeness (QED) is 0.576. The fraction of sp³-hybridized carbons (Fsp3) is 0.625. The highest BCUT2D eigenvalue weighted by Crippen LogP contribution is 2.21. The molecule has 0 amide bonds. The number of hydrogen-bond acceptors (Lipinski definition) is 2. The summed E-state index contributed by atoms with van der Waals surface area (Å²) in [7, 11) is 0. The molecule has 2 nitrogen and oxygen atoms in total. The van der Waals surface area contributed by atoms with Crippen molar-refractivity contribution in [1.82, 2.24) is 0 Å². The Morgan fingerprint density at radius 3 is 2.70 bits per heavy atom. The lowest BCUT2D eigenvalue weighted by molar-refractivity contribution is 0.421. The zero-order chi connectivity index (χ0) is 7.40. The summed E-state index contributed by atoms with van der Waals surface area (Å²) >= 11 is 0. The van der Waals surface area contributed by atoms with E-state index in [1.54, 1.807) is 6.20 Å². The summed E-state index contributed by atoms with van der Waals surface area (Å²) in [6.45, 7) is 1.96. The molecule has 0 radical (unpaired) electrons. The number of nitrogens with zero attached hydrogens (tertiary/aromatic N) is 1. The first-order valence-corrected chi connectivity index (χ1v) is 3.74. The van der Waals surface area contributed by atoms with Gasteiger partial charge in [0, 0.05) is 12.3 Å². The molecule has 0 aromatic rings. The third-order valence-corrected chi connectivity index (χ3v) is 1.83. The third-order valence-electron chi connectivity index (χ3n) is 1.83. The first kappa shape index (κ1) is 7.32. The van der Waals surface area contributed by atoms with Crippen molar-refractivity contribution in [2.24, 2.45) is 10.7 Å². The summed E-state index contributed by atoms with van der Waals surface area (Å²) in [5, 5.41) is 0. The molecule has 0 heterocycles. The van der Waals surface area contributed by atoms with Gasteiger partial charge in [-0.1, -0.05) is 0 Å². The molecular weight excluding hydrogens is 124 g/mol. The molecule has 0 atom stereocenters. The van der Waals surface area contributed by atoms with E-state index >= 15 is 0 Å². The summed E-state index contributed by atoms with van der Waals surface area (Å²) in [5.41, 5.74) is 6.31. The van der Waals surface area contributed by atoms with Gasteiger partial charge in [0.15, 0.2) is 0 Å². The zero-order valence-corrected chi connectivity index (χ0v) is 6.38. The van der Waals surface area contributed by atoms with Gasteiger partial charge in [-0.2, -0.15) is 0 Å². The average molecular weight is 138 g/mol. The lowest BCUT2D eigenvalue weighted by Crippen LogP contribution is -2.14. The highest BCUT2D eigenvalue weighted by Gasteiger charge is 2.14. The number of nitrogens with two attached hydrogens (primary N) is 1. The van der Waals surface area contributed by atoms with Crippen molar-refractivity contribution in [2.75, 3.05) is 0 Å². The standard InChI is InChI=1S/C8H14N2/c1-7(5-9)6-10-8-3-2-4-8/h5-6,8H,2-4,9H2,1H3. The second-order valence-corrected chi connectivity index (χ2v) is 2.77. The molecule has 2 heteroatoms. The molecular formula is C8H14N2. The van der Waals surface area contributed by atoms with Crippen molar-refractivity contribution in [3.63, 3.8) is 0 Å². The molecule has 1 aliphatic rings. The number of hydrogen-bond donors (Lipinski definition) is 1. The van der Waals surface area contributed by atoms with Crippen LogP contribution in [-0.4, -0.2) is 12.3 Å². The van der Waals surface area contributed by atoms with Gasteiger partial charge in [0.1, 0.15) is 0 Å². The molecule has 2 N–H and O–H groups in total. The van der Waals surface area contributed by atoms with E-state index in [9.17, 15) is 0 Å². The second kappa shape index (κ2) is 3.40. The Morgan fingerprint density at radius 2 is 2.30 bits per heavy atom. The van der Waals surface area contributed by atoms with E-state index in [0.717, 1.165) is 5.57 Å². The minimum Gasteiger partial charge on any atom is -0.404 e. The molecule has 1 rings (SSSR count). The smallest absolute Gasteiger partial charge is 0.0499 e. The van der Waals surface area contributed by atoms with Crippen LogP contribution in [0.1, 0.15) is 26.2 Å². The van der Waals surface area contributed by atoms with Crippen LogP contribution in [0.2, 0.25) is 0 Å². The second-order valence-electron chi connectivity index (χ2n) is 2.77. The van der Waals surface area contributed by atoms with Crippen LogP contribution >= 0.6 is 0 Å².